The summed E-state index contributed by atoms with van der Waals surface area (Å²) in [6, 6.07) is 9.22. The molecular formula is C19H23ClN2O6S. The van der Waals surface area contributed by atoms with Crippen LogP contribution in [0, 0.1) is 0 Å². The molecule has 2 aromatic rings. The highest BCUT2D eigenvalue weighted by molar-refractivity contribution is 7.89. The van der Waals surface area contributed by atoms with Gasteiger partial charge < -0.3 is 19.5 Å². The second-order valence-electron chi connectivity index (χ2n) is 5.91. The number of sulfonamides is 1. The number of carbonyl (C=O) groups excluding carboxylic acids is 1. The third-order valence-corrected chi connectivity index (χ3v) is 5.71. The Hall–Kier alpha value is -2.49. The van der Waals surface area contributed by atoms with Crippen LogP contribution < -0.4 is 24.2 Å². The number of rotatable bonds is 10. The smallest absolute Gasteiger partial charge is 0.240 e. The molecular weight excluding hydrogens is 420 g/mol. The van der Waals surface area contributed by atoms with E-state index in [1.54, 1.807) is 12.1 Å². The summed E-state index contributed by atoms with van der Waals surface area (Å²) in [6.45, 7) is 0.186. The first-order valence-corrected chi connectivity index (χ1v) is 10.5. The minimum atomic E-state index is -3.70. The number of benzene rings is 2. The molecule has 0 aromatic heterocycles. The van der Waals surface area contributed by atoms with Gasteiger partial charge in [0.2, 0.25) is 21.7 Å². The predicted molar refractivity (Wildman–Crippen MR) is 109 cm³/mol. The van der Waals surface area contributed by atoms with Crippen LogP contribution in [0.15, 0.2) is 41.3 Å². The van der Waals surface area contributed by atoms with E-state index in [0.717, 1.165) is 5.56 Å². The molecule has 1 amide bonds. The van der Waals surface area contributed by atoms with Crippen LogP contribution >= 0.6 is 11.6 Å². The van der Waals surface area contributed by atoms with Gasteiger partial charge in [0.05, 0.1) is 26.2 Å². The highest BCUT2D eigenvalue weighted by atomic mass is 35.5. The third kappa shape index (κ3) is 6.25. The van der Waals surface area contributed by atoms with Crippen LogP contribution in [0.3, 0.4) is 0 Å². The summed E-state index contributed by atoms with van der Waals surface area (Å²) in [6.07, 6.45) is -0.0166. The van der Waals surface area contributed by atoms with Gasteiger partial charge in [-0.25, -0.2) is 13.1 Å². The lowest BCUT2D eigenvalue weighted by Crippen LogP contribution is -2.30. The zero-order chi connectivity index (χ0) is 21.4. The van der Waals surface area contributed by atoms with Crippen molar-refractivity contribution in [2.75, 3.05) is 27.9 Å². The molecule has 0 saturated heterocycles. The number of methoxy groups -OCH3 is 3. The van der Waals surface area contributed by atoms with Gasteiger partial charge in [0, 0.05) is 24.5 Å². The quantitative estimate of drug-likeness (QED) is 0.585. The van der Waals surface area contributed by atoms with E-state index < -0.39 is 10.0 Å². The maximum Gasteiger partial charge on any atom is 0.240 e. The Morgan fingerprint density at radius 3 is 2.10 bits per heavy atom. The number of hydrogen-bond acceptors (Lipinski definition) is 6. The number of hydrogen-bond donors (Lipinski definition) is 2. The van der Waals surface area contributed by atoms with E-state index in [2.05, 4.69) is 10.0 Å². The molecule has 0 fully saturated rings. The lowest BCUT2D eigenvalue weighted by molar-refractivity contribution is -0.121. The summed E-state index contributed by atoms with van der Waals surface area (Å²) >= 11 is 5.76. The molecule has 0 saturated carbocycles. The fourth-order valence-corrected chi connectivity index (χ4v) is 3.68. The summed E-state index contributed by atoms with van der Waals surface area (Å²) in [5, 5.41) is 3.17. The van der Waals surface area contributed by atoms with Crippen LogP contribution in [0.4, 0.5) is 0 Å². The van der Waals surface area contributed by atoms with Crippen molar-refractivity contribution in [1.29, 1.82) is 0 Å². The van der Waals surface area contributed by atoms with E-state index >= 15 is 0 Å². The molecule has 158 valence electrons. The molecule has 0 atom stereocenters. The van der Waals surface area contributed by atoms with E-state index in [1.165, 1.54) is 45.6 Å². The zero-order valence-corrected chi connectivity index (χ0v) is 17.9. The SMILES string of the molecule is COc1cc(CNC(=O)CCNS(=O)(=O)c2ccc(Cl)cc2)cc(OC)c1OC. The average molecular weight is 443 g/mol. The van der Waals surface area contributed by atoms with E-state index in [9.17, 15) is 13.2 Å². The fraction of sp³-hybridized carbons (Fsp3) is 0.316. The fourth-order valence-electron chi connectivity index (χ4n) is 2.52. The number of halogens is 1. The van der Waals surface area contributed by atoms with E-state index in [1.807, 2.05) is 0 Å². The maximum atomic E-state index is 12.2. The number of amides is 1. The van der Waals surface area contributed by atoms with Crippen molar-refractivity contribution in [3.63, 3.8) is 0 Å². The predicted octanol–water partition coefficient (Wildman–Crippen LogP) is 2.35. The molecule has 0 unspecified atom stereocenters. The van der Waals surface area contributed by atoms with Crippen molar-refractivity contribution in [2.24, 2.45) is 0 Å². The van der Waals surface area contributed by atoms with Crippen LogP contribution in [0.5, 0.6) is 17.2 Å². The van der Waals surface area contributed by atoms with Crippen molar-refractivity contribution >= 4 is 27.5 Å². The molecule has 0 bridgehead atoms. The van der Waals surface area contributed by atoms with Gasteiger partial charge in [-0.2, -0.15) is 0 Å². The maximum absolute atomic E-state index is 12.2. The Kier molecular flexibility index (Phi) is 8.12. The first-order chi connectivity index (χ1) is 13.8. The summed E-state index contributed by atoms with van der Waals surface area (Å²) in [5.74, 6) is 1.11. The molecule has 0 spiro atoms. The van der Waals surface area contributed by atoms with Gasteiger partial charge >= 0.3 is 0 Å². The Balaban J connectivity index is 1.89. The Morgan fingerprint density at radius 1 is 1.00 bits per heavy atom. The Bertz CT molecular complexity index is 923. The van der Waals surface area contributed by atoms with Gasteiger partial charge in [-0.1, -0.05) is 11.6 Å². The topological polar surface area (TPSA) is 103 Å². The van der Waals surface area contributed by atoms with Crippen LogP contribution in [0.1, 0.15) is 12.0 Å². The van der Waals surface area contributed by atoms with Crippen molar-refractivity contribution in [3.8, 4) is 17.2 Å². The lowest BCUT2D eigenvalue weighted by Gasteiger charge is -2.14. The summed E-state index contributed by atoms with van der Waals surface area (Å²) in [7, 11) is 0.819. The average Bonchev–Trinajstić information content (AvgIpc) is 2.71. The summed E-state index contributed by atoms with van der Waals surface area (Å²) in [4.78, 5) is 12.1. The number of ether oxygens (including phenoxy) is 3. The molecule has 29 heavy (non-hydrogen) atoms. The normalized spacial score (nSPS) is 11.0. The van der Waals surface area contributed by atoms with Gasteiger partial charge in [-0.3, -0.25) is 4.79 Å². The van der Waals surface area contributed by atoms with E-state index in [-0.39, 0.29) is 30.3 Å². The third-order valence-electron chi connectivity index (χ3n) is 3.98. The van der Waals surface area contributed by atoms with Crippen molar-refractivity contribution in [2.45, 2.75) is 17.9 Å². The highest BCUT2D eigenvalue weighted by Crippen LogP contribution is 2.38. The number of carbonyl (C=O) groups is 1. The van der Waals surface area contributed by atoms with Crippen LogP contribution in [-0.2, 0) is 21.4 Å². The van der Waals surface area contributed by atoms with Crippen molar-refractivity contribution < 1.29 is 27.4 Å². The molecule has 10 heteroatoms. The van der Waals surface area contributed by atoms with Gasteiger partial charge in [-0.05, 0) is 42.0 Å². The second-order valence-corrected chi connectivity index (χ2v) is 8.12. The second kappa shape index (κ2) is 10.3. The van der Waals surface area contributed by atoms with E-state index in [0.29, 0.717) is 22.3 Å². The van der Waals surface area contributed by atoms with Crippen LogP contribution in [0.25, 0.3) is 0 Å². The molecule has 0 aliphatic rings. The first-order valence-electron chi connectivity index (χ1n) is 8.61. The molecule has 0 aliphatic heterocycles. The summed E-state index contributed by atoms with van der Waals surface area (Å²) in [5.41, 5.74) is 0.745. The van der Waals surface area contributed by atoms with Gasteiger partial charge in [-0.15, -0.1) is 0 Å². The summed E-state index contributed by atoms with van der Waals surface area (Å²) < 4.78 is 42.6. The molecule has 0 radical (unpaired) electrons. The van der Waals surface area contributed by atoms with Crippen LogP contribution in [0.2, 0.25) is 5.02 Å². The Labute approximate surface area is 175 Å². The zero-order valence-electron chi connectivity index (χ0n) is 16.3. The number of nitrogens with one attached hydrogen (secondary N) is 2. The molecule has 2 aromatic carbocycles. The molecule has 0 aliphatic carbocycles. The Morgan fingerprint density at radius 2 is 1.59 bits per heavy atom. The standard InChI is InChI=1S/C19H23ClN2O6S/c1-26-16-10-13(11-17(27-2)19(16)28-3)12-21-18(23)8-9-22-29(24,25)15-6-4-14(20)5-7-15/h4-7,10-11,22H,8-9,12H2,1-3H3,(H,21,23). The van der Waals surface area contributed by atoms with Gasteiger partial charge in [0.25, 0.3) is 0 Å². The van der Waals surface area contributed by atoms with Gasteiger partial charge in [0.15, 0.2) is 11.5 Å². The molecule has 2 N–H and O–H groups in total. The molecule has 8 nitrogen and oxygen atoms in total. The first kappa shape index (κ1) is 22.8. The molecule has 0 heterocycles. The lowest BCUT2D eigenvalue weighted by atomic mass is 10.1. The van der Waals surface area contributed by atoms with E-state index in [4.69, 9.17) is 25.8 Å². The molecule has 2 rings (SSSR count). The highest BCUT2D eigenvalue weighted by Gasteiger charge is 2.15. The minimum Gasteiger partial charge on any atom is -0.493 e. The minimum absolute atomic E-state index is 0.0166. The monoisotopic (exact) mass is 442 g/mol. The van der Waals surface area contributed by atoms with Crippen LogP contribution in [-0.4, -0.2) is 42.2 Å². The largest absolute Gasteiger partial charge is 0.493 e. The van der Waals surface area contributed by atoms with Crippen molar-refractivity contribution in [1.82, 2.24) is 10.0 Å². The van der Waals surface area contributed by atoms with Gasteiger partial charge in [0.1, 0.15) is 0 Å². The van der Waals surface area contributed by atoms with Crippen molar-refractivity contribution in [3.05, 3.63) is 47.0 Å².